The van der Waals surface area contributed by atoms with Gasteiger partial charge in [-0.2, -0.15) is 0 Å². The van der Waals surface area contributed by atoms with Crippen molar-refractivity contribution in [3.63, 3.8) is 0 Å². The van der Waals surface area contributed by atoms with E-state index in [9.17, 15) is 5.11 Å². The molecule has 4 atom stereocenters. The van der Waals surface area contributed by atoms with Crippen LogP contribution in [0.1, 0.15) is 33.1 Å². The van der Waals surface area contributed by atoms with Crippen molar-refractivity contribution in [3.8, 4) is 0 Å². The highest BCUT2D eigenvalue weighted by molar-refractivity contribution is 4.88. The molecule has 0 amide bonds. The number of rotatable bonds is 5. The Labute approximate surface area is 99.8 Å². The van der Waals surface area contributed by atoms with Crippen molar-refractivity contribution in [2.45, 2.75) is 45.3 Å². The molecule has 1 aliphatic rings. The molecule has 0 aliphatic heterocycles. The van der Waals surface area contributed by atoms with Crippen LogP contribution >= 0.6 is 0 Å². The first kappa shape index (κ1) is 13.9. The number of ether oxygens (including phenoxy) is 1. The van der Waals surface area contributed by atoms with Crippen LogP contribution in [0.4, 0.5) is 0 Å². The molecule has 0 radical (unpaired) electrons. The SMILES string of the molecule is COCCCN(C)C1C(C)CC(C)CC1O. The van der Waals surface area contributed by atoms with Crippen LogP contribution in [0.25, 0.3) is 0 Å². The zero-order valence-corrected chi connectivity index (χ0v) is 11.1. The molecule has 0 spiro atoms. The van der Waals surface area contributed by atoms with Crippen molar-refractivity contribution >= 4 is 0 Å². The van der Waals surface area contributed by atoms with E-state index in [4.69, 9.17) is 4.74 Å². The summed E-state index contributed by atoms with van der Waals surface area (Å²) in [5, 5.41) is 10.2. The molecule has 3 nitrogen and oxygen atoms in total. The summed E-state index contributed by atoms with van der Waals surface area (Å²) in [6.07, 6.45) is 3.06. The first-order valence-corrected chi connectivity index (χ1v) is 6.43. The molecule has 4 unspecified atom stereocenters. The van der Waals surface area contributed by atoms with Gasteiger partial charge in [-0.05, 0) is 38.1 Å². The molecule has 0 aromatic carbocycles. The van der Waals surface area contributed by atoms with Gasteiger partial charge in [0, 0.05) is 26.3 Å². The first-order chi connectivity index (χ1) is 7.56. The Bertz CT molecular complexity index is 186. The Hall–Kier alpha value is -0.120. The van der Waals surface area contributed by atoms with E-state index in [-0.39, 0.29) is 6.10 Å². The number of methoxy groups -OCH3 is 1. The highest BCUT2D eigenvalue weighted by Crippen LogP contribution is 2.31. The fourth-order valence-corrected chi connectivity index (χ4v) is 3.14. The lowest BCUT2D eigenvalue weighted by atomic mass is 9.77. The van der Waals surface area contributed by atoms with Crippen molar-refractivity contribution in [1.82, 2.24) is 4.90 Å². The minimum Gasteiger partial charge on any atom is -0.391 e. The smallest absolute Gasteiger partial charge is 0.0700 e. The molecule has 0 aromatic rings. The summed E-state index contributed by atoms with van der Waals surface area (Å²) in [5.74, 6) is 1.25. The van der Waals surface area contributed by atoms with Crippen molar-refractivity contribution in [3.05, 3.63) is 0 Å². The normalized spacial score (nSPS) is 35.6. The Morgan fingerprint density at radius 1 is 1.31 bits per heavy atom. The van der Waals surface area contributed by atoms with Crippen LogP contribution in [-0.4, -0.2) is 49.5 Å². The van der Waals surface area contributed by atoms with Gasteiger partial charge in [0.1, 0.15) is 0 Å². The molecule has 16 heavy (non-hydrogen) atoms. The Morgan fingerprint density at radius 3 is 2.56 bits per heavy atom. The molecule has 1 aliphatic carbocycles. The maximum Gasteiger partial charge on any atom is 0.0700 e. The second kappa shape index (κ2) is 6.58. The van der Waals surface area contributed by atoms with E-state index in [0.717, 1.165) is 26.0 Å². The summed E-state index contributed by atoms with van der Waals surface area (Å²) in [5.41, 5.74) is 0. The molecule has 0 bridgehead atoms. The molecule has 1 fully saturated rings. The van der Waals surface area contributed by atoms with Gasteiger partial charge in [-0.25, -0.2) is 0 Å². The number of hydrogen-bond acceptors (Lipinski definition) is 3. The third kappa shape index (κ3) is 3.72. The highest BCUT2D eigenvalue weighted by atomic mass is 16.5. The molecule has 1 saturated carbocycles. The highest BCUT2D eigenvalue weighted by Gasteiger charge is 2.34. The third-order valence-corrected chi connectivity index (χ3v) is 3.76. The molecule has 1 N–H and O–H groups in total. The number of nitrogens with zero attached hydrogens (tertiary/aromatic N) is 1. The van der Waals surface area contributed by atoms with Crippen molar-refractivity contribution in [2.75, 3.05) is 27.3 Å². The lowest BCUT2D eigenvalue weighted by Crippen LogP contribution is -2.50. The fraction of sp³-hybridized carbons (Fsp3) is 1.00. The summed E-state index contributed by atoms with van der Waals surface area (Å²) in [4.78, 5) is 2.31. The fourth-order valence-electron chi connectivity index (χ4n) is 3.14. The van der Waals surface area contributed by atoms with E-state index < -0.39 is 0 Å². The maximum atomic E-state index is 10.2. The third-order valence-electron chi connectivity index (χ3n) is 3.76. The van der Waals surface area contributed by atoms with Gasteiger partial charge in [0.05, 0.1) is 6.10 Å². The summed E-state index contributed by atoms with van der Waals surface area (Å²) in [6, 6.07) is 0.327. The summed E-state index contributed by atoms with van der Waals surface area (Å²) in [7, 11) is 3.86. The molecule has 1 rings (SSSR count). The van der Waals surface area contributed by atoms with Crippen LogP contribution < -0.4 is 0 Å². The molecule has 0 aromatic heterocycles. The van der Waals surface area contributed by atoms with Crippen LogP contribution in [0.2, 0.25) is 0 Å². The standard InChI is InChI=1S/C13H27NO2/c1-10-8-11(2)13(12(15)9-10)14(3)6-5-7-16-4/h10-13,15H,5-9H2,1-4H3. The Kier molecular flexibility index (Phi) is 5.73. The van der Waals surface area contributed by atoms with Gasteiger partial charge in [0.15, 0.2) is 0 Å². The largest absolute Gasteiger partial charge is 0.391 e. The molecule has 96 valence electrons. The van der Waals surface area contributed by atoms with E-state index in [0.29, 0.717) is 17.9 Å². The average molecular weight is 229 g/mol. The molecular formula is C13H27NO2. The summed E-state index contributed by atoms with van der Waals surface area (Å²) in [6.45, 7) is 6.31. The predicted octanol–water partition coefficient (Wildman–Crippen LogP) is 1.75. The van der Waals surface area contributed by atoms with Gasteiger partial charge < -0.3 is 14.7 Å². The zero-order chi connectivity index (χ0) is 12.1. The van der Waals surface area contributed by atoms with Crippen molar-refractivity contribution < 1.29 is 9.84 Å². The van der Waals surface area contributed by atoms with E-state index in [2.05, 4.69) is 25.8 Å². The predicted molar refractivity (Wildman–Crippen MR) is 66.5 cm³/mol. The lowest BCUT2D eigenvalue weighted by molar-refractivity contribution is -0.0160. The molecule has 3 heteroatoms. The minimum atomic E-state index is -0.161. The minimum absolute atomic E-state index is 0.161. The average Bonchev–Trinajstić information content (AvgIpc) is 2.16. The Morgan fingerprint density at radius 2 is 2.00 bits per heavy atom. The first-order valence-electron chi connectivity index (χ1n) is 6.43. The van der Waals surface area contributed by atoms with Crippen molar-refractivity contribution in [1.29, 1.82) is 0 Å². The second-order valence-electron chi connectivity index (χ2n) is 5.44. The van der Waals surface area contributed by atoms with Gasteiger partial charge in [0.25, 0.3) is 0 Å². The van der Waals surface area contributed by atoms with Gasteiger partial charge in [0.2, 0.25) is 0 Å². The molecule has 0 heterocycles. The lowest BCUT2D eigenvalue weighted by Gasteiger charge is -2.42. The van der Waals surface area contributed by atoms with Gasteiger partial charge in [-0.3, -0.25) is 0 Å². The maximum absolute atomic E-state index is 10.2. The second-order valence-corrected chi connectivity index (χ2v) is 5.44. The van der Waals surface area contributed by atoms with Gasteiger partial charge in [-0.1, -0.05) is 13.8 Å². The number of hydrogen-bond donors (Lipinski definition) is 1. The molecular weight excluding hydrogens is 202 g/mol. The van der Waals surface area contributed by atoms with E-state index in [1.807, 2.05) is 0 Å². The van der Waals surface area contributed by atoms with E-state index in [1.165, 1.54) is 6.42 Å². The van der Waals surface area contributed by atoms with Gasteiger partial charge >= 0.3 is 0 Å². The van der Waals surface area contributed by atoms with Crippen molar-refractivity contribution in [2.24, 2.45) is 11.8 Å². The van der Waals surface area contributed by atoms with Crippen LogP contribution in [0, 0.1) is 11.8 Å². The summed E-state index contributed by atoms with van der Waals surface area (Å²) >= 11 is 0. The molecule has 0 saturated heterocycles. The quantitative estimate of drug-likeness (QED) is 0.729. The Balaban J connectivity index is 2.43. The van der Waals surface area contributed by atoms with E-state index >= 15 is 0 Å². The van der Waals surface area contributed by atoms with Crippen LogP contribution in [-0.2, 0) is 4.74 Å². The zero-order valence-electron chi connectivity index (χ0n) is 11.1. The number of aliphatic hydroxyl groups excluding tert-OH is 1. The van der Waals surface area contributed by atoms with Crippen LogP contribution in [0.3, 0.4) is 0 Å². The van der Waals surface area contributed by atoms with Crippen LogP contribution in [0.15, 0.2) is 0 Å². The van der Waals surface area contributed by atoms with E-state index in [1.54, 1.807) is 7.11 Å². The number of aliphatic hydroxyl groups is 1. The number of likely N-dealkylation sites (N-methyl/N-ethyl adjacent to an activating group) is 1. The summed E-state index contributed by atoms with van der Waals surface area (Å²) < 4.78 is 5.06. The topological polar surface area (TPSA) is 32.7 Å². The monoisotopic (exact) mass is 229 g/mol. The van der Waals surface area contributed by atoms with Crippen LogP contribution in [0.5, 0.6) is 0 Å². The van der Waals surface area contributed by atoms with Gasteiger partial charge in [-0.15, -0.1) is 0 Å².